The Hall–Kier alpha value is -2.15. The monoisotopic (exact) mass is 293 g/mol. The topological polar surface area (TPSA) is 84.3 Å². The van der Waals surface area contributed by atoms with Crippen LogP contribution in [0.25, 0.3) is 0 Å². The molecule has 0 aromatic carbocycles. The highest BCUT2D eigenvalue weighted by Gasteiger charge is 2.10. The fraction of sp³-hybridized carbons (Fsp3) is 0.308. The number of thiazole rings is 1. The van der Waals surface area contributed by atoms with E-state index in [4.69, 9.17) is 9.84 Å². The average Bonchev–Trinajstić information content (AvgIpc) is 2.86. The van der Waals surface area contributed by atoms with Crippen LogP contribution < -0.4 is 10.1 Å². The molecule has 2 N–H and O–H groups in total. The zero-order chi connectivity index (χ0) is 14.5. The van der Waals surface area contributed by atoms with E-state index < -0.39 is 5.97 Å². The zero-order valence-corrected chi connectivity index (χ0v) is 12.0. The van der Waals surface area contributed by atoms with E-state index in [9.17, 15) is 4.79 Å². The smallest absolute Gasteiger partial charge is 0.365 e. The molecule has 0 aliphatic rings. The van der Waals surface area contributed by atoms with Crippen LogP contribution in [0.15, 0.2) is 23.7 Å². The van der Waals surface area contributed by atoms with Gasteiger partial charge >= 0.3 is 5.97 Å². The minimum absolute atomic E-state index is 0.0309. The summed E-state index contributed by atoms with van der Waals surface area (Å²) in [5.41, 5.74) is 1.43. The van der Waals surface area contributed by atoms with Crippen molar-refractivity contribution in [3.63, 3.8) is 0 Å². The zero-order valence-electron chi connectivity index (χ0n) is 11.2. The number of nitrogens with one attached hydrogen (secondary N) is 1. The SMILES string of the molecule is CC(C)Oc1ncccc1NCc1csc(C(=O)O)n1. The number of rotatable bonds is 6. The molecule has 0 unspecified atom stereocenters. The molecule has 106 valence electrons. The molecule has 0 amide bonds. The van der Waals surface area contributed by atoms with Crippen LogP contribution in [0.2, 0.25) is 0 Å². The average molecular weight is 293 g/mol. The van der Waals surface area contributed by atoms with Crippen LogP contribution >= 0.6 is 11.3 Å². The van der Waals surface area contributed by atoms with Gasteiger partial charge in [-0.3, -0.25) is 0 Å². The number of ether oxygens (including phenoxy) is 1. The van der Waals surface area contributed by atoms with Crippen LogP contribution in [0.1, 0.15) is 29.3 Å². The highest BCUT2D eigenvalue weighted by atomic mass is 32.1. The van der Waals surface area contributed by atoms with E-state index in [-0.39, 0.29) is 11.1 Å². The van der Waals surface area contributed by atoms with Gasteiger partial charge in [0.05, 0.1) is 24.0 Å². The highest BCUT2D eigenvalue weighted by molar-refractivity contribution is 7.11. The molecule has 0 aliphatic heterocycles. The summed E-state index contributed by atoms with van der Waals surface area (Å²) in [5, 5.41) is 13.8. The number of pyridine rings is 1. The summed E-state index contributed by atoms with van der Waals surface area (Å²) >= 11 is 1.11. The predicted molar refractivity (Wildman–Crippen MR) is 76.4 cm³/mol. The Morgan fingerprint density at radius 2 is 2.35 bits per heavy atom. The van der Waals surface area contributed by atoms with Gasteiger partial charge in [0.25, 0.3) is 0 Å². The summed E-state index contributed by atoms with van der Waals surface area (Å²) < 4.78 is 5.59. The van der Waals surface area contributed by atoms with Gasteiger partial charge in [0.1, 0.15) is 0 Å². The van der Waals surface area contributed by atoms with Gasteiger partial charge < -0.3 is 15.2 Å². The first kappa shape index (κ1) is 14.3. The quantitative estimate of drug-likeness (QED) is 0.851. The van der Waals surface area contributed by atoms with Crippen LogP contribution in [0.3, 0.4) is 0 Å². The number of carbonyl (C=O) groups is 1. The van der Waals surface area contributed by atoms with E-state index in [2.05, 4.69) is 15.3 Å². The molecule has 0 aliphatic carbocycles. The van der Waals surface area contributed by atoms with Gasteiger partial charge in [0.15, 0.2) is 0 Å². The van der Waals surface area contributed by atoms with Gasteiger partial charge in [-0.05, 0) is 26.0 Å². The van der Waals surface area contributed by atoms with Gasteiger partial charge in [-0.25, -0.2) is 14.8 Å². The van der Waals surface area contributed by atoms with Crippen molar-refractivity contribution in [3.8, 4) is 5.88 Å². The number of carboxylic acids is 1. The van der Waals surface area contributed by atoms with Crippen LogP contribution in [0, 0.1) is 0 Å². The van der Waals surface area contributed by atoms with Gasteiger partial charge in [0, 0.05) is 11.6 Å². The lowest BCUT2D eigenvalue weighted by Gasteiger charge is -2.13. The fourth-order valence-electron chi connectivity index (χ4n) is 1.51. The van der Waals surface area contributed by atoms with Crippen molar-refractivity contribution < 1.29 is 14.6 Å². The Kier molecular flexibility index (Phi) is 4.52. The van der Waals surface area contributed by atoms with Crippen molar-refractivity contribution in [1.29, 1.82) is 0 Å². The molecule has 0 saturated heterocycles. The third-order valence-electron chi connectivity index (χ3n) is 2.31. The second-order valence-corrected chi connectivity index (χ2v) is 5.18. The minimum atomic E-state index is -1.01. The molecular formula is C13H15N3O3S. The van der Waals surface area contributed by atoms with Crippen LogP contribution in [-0.2, 0) is 6.54 Å². The summed E-state index contributed by atoms with van der Waals surface area (Å²) in [4.78, 5) is 18.9. The molecule has 0 radical (unpaired) electrons. The molecule has 2 rings (SSSR count). The third kappa shape index (κ3) is 3.67. The van der Waals surface area contributed by atoms with Crippen molar-refractivity contribution >= 4 is 23.0 Å². The lowest BCUT2D eigenvalue weighted by Crippen LogP contribution is -2.10. The van der Waals surface area contributed by atoms with Crippen molar-refractivity contribution in [2.75, 3.05) is 5.32 Å². The first-order valence-electron chi connectivity index (χ1n) is 6.09. The maximum Gasteiger partial charge on any atom is 0.365 e. The molecule has 20 heavy (non-hydrogen) atoms. The molecule has 0 bridgehead atoms. The van der Waals surface area contributed by atoms with Gasteiger partial charge in [-0.15, -0.1) is 11.3 Å². The number of hydrogen-bond donors (Lipinski definition) is 2. The number of nitrogens with zero attached hydrogens (tertiary/aromatic N) is 2. The van der Waals surface area contributed by atoms with Crippen molar-refractivity contribution in [1.82, 2.24) is 9.97 Å². The van der Waals surface area contributed by atoms with Gasteiger partial charge in [-0.1, -0.05) is 0 Å². The van der Waals surface area contributed by atoms with E-state index in [0.29, 0.717) is 18.1 Å². The molecular weight excluding hydrogens is 278 g/mol. The predicted octanol–water partition coefficient (Wildman–Crippen LogP) is 2.64. The summed E-state index contributed by atoms with van der Waals surface area (Å²) in [6, 6.07) is 3.66. The van der Waals surface area contributed by atoms with E-state index in [1.165, 1.54) is 0 Å². The summed E-state index contributed by atoms with van der Waals surface area (Å²) in [6.45, 7) is 4.28. The lowest BCUT2D eigenvalue weighted by atomic mass is 10.3. The molecule has 7 heteroatoms. The molecule has 6 nitrogen and oxygen atoms in total. The Bertz CT molecular complexity index is 598. The van der Waals surface area contributed by atoms with Crippen LogP contribution in [0.5, 0.6) is 5.88 Å². The van der Waals surface area contributed by atoms with Crippen molar-refractivity contribution in [2.45, 2.75) is 26.5 Å². The fourth-order valence-corrected chi connectivity index (χ4v) is 2.17. The second-order valence-electron chi connectivity index (χ2n) is 4.33. The largest absolute Gasteiger partial charge is 0.476 e. The molecule has 0 saturated carbocycles. The molecule has 2 aromatic rings. The second kappa shape index (κ2) is 6.33. The Balaban J connectivity index is 2.04. The van der Waals surface area contributed by atoms with E-state index in [1.54, 1.807) is 17.6 Å². The van der Waals surface area contributed by atoms with E-state index in [1.807, 2.05) is 19.9 Å². The number of carboxylic acid groups (broad SMARTS) is 1. The number of hydrogen-bond acceptors (Lipinski definition) is 6. The summed E-state index contributed by atoms with van der Waals surface area (Å²) in [5.74, 6) is -0.484. The summed E-state index contributed by atoms with van der Waals surface area (Å²) in [6.07, 6.45) is 1.69. The summed E-state index contributed by atoms with van der Waals surface area (Å²) in [7, 11) is 0. The maximum atomic E-state index is 10.8. The normalized spacial score (nSPS) is 10.6. The van der Waals surface area contributed by atoms with Crippen LogP contribution in [-0.4, -0.2) is 27.1 Å². The Morgan fingerprint density at radius 3 is 3.00 bits per heavy atom. The van der Waals surface area contributed by atoms with Crippen molar-refractivity contribution in [3.05, 3.63) is 34.4 Å². The first-order valence-corrected chi connectivity index (χ1v) is 6.97. The Morgan fingerprint density at radius 1 is 1.55 bits per heavy atom. The minimum Gasteiger partial charge on any atom is -0.476 e. The number of anilines is 1. The number of aromatic nitrogens is 2. The first-order chi connectivity index (χ1) is 9.56. The van der Waals surface area contributed by atoms with E-state index in [0.717, 1.165) is 17.0 Å². The molecule has 2 aromatic heterocycles. The maximum absolute atomic E-state index is 10.8. The van der Waals surface area contributed by atoms with Crippen LogP contribution in [0.4, 0.5) is 5.69 Å². The molecule has 0 atom stereocenters. The third-order valence-corrected chi connectivity index (χ3v) is 3.19. The standard InChI is InChI=1S/C13H15N3O3S/c1-8(2)19-11-10(4-3-5-14-11)15-6-9-7-20-12(16-9)13(17)18/h3-5,7-8,15H,6H2,1-2H3,(H,17,18). The molecule has 2 heterocycles. The number of aromatic carboxylic acids is 1. The molecule has 0 fully saturated rings. The van der Waals surface area contributed by atoms with E-state index >= 15 is 0 Å². The van der Waals surface area contributed by atoms with Gasteiger partial charge in [0.2, 0.25) is 10.9 Å². The Labute approximate surface area is 120 Å². The molecule has 0 spiro atoms. The van der Waals surface area contributed by atoms with Crippen molar-refractivity contribution in [2.24, 2.45) is 0 Å². The highest BCUT2D eigenvalue weighted by Crippen LogP contribution is 2.22. The lowest BCUT2D eigenvalue weighted by molar-refractivity contribution is 0.0696. The van der Waals surface area contributed by atoms with Gasteiger partial charge in [-0.2, -0.15) is 0 Å².